The van der Waals surface area contributed by atoms with Crippen molar-refractivity contribution in [1.82, 2.24) is 9.80 Å². The van der Waals surface area contributed by atoms with E-state index >= 15 is 0 Å². The van der Waals surface area contributed by atoms with Crippen LogP contribution in [0.3, 0.4) is 0 Å². The van der Waals surface area contributed by atoms with E-state index in [1.165, 1.54) is 177 Å². The van der Waals surface area contributed by atoms with Crippen molar-refractivity contribution in [2.75, 3.05) is 66.7 Å². The van der Waals surface area contributed by atoms with E-state index in [-0.39, 0.29) is 34.5 Å². The van der Waals surface area contributed by atoms with E-state index < -0.39 is 36.1 Å². The van der Waals surface area contributed by atoms with Crippen LogP contribution < -0.4 is 0 Å². The number of carboxylic acids is 2. The Morgan fingerprint density at radius 3 is 1.21 bits per heavy atom. The van der Waals surface area contributed by atoms with E-state index in [4.69, 9.17) is 37.9 Å². The summed E-state index contributed by atoms with van der Waals surface area (Å²) in [4.78, 5) is 52.2. The van der Waals surface area contributed by atoms with Crippen molar-refractivity contribution in [3.8, 4) is 0 Å². The number of hydrogen-bond acceptors (Lipinski definition) is 14. The van der Waals surface area contributed by atoms with Gasteiger partial charge in [0, 0.05) is 62.1 Å². The van der Waals surface area contributed by atoms with E-state index in [0.717, 1.165) is 63.2 Å². The molecule has 10 fully saturated rings. The fourth-order valence-electron chi connectivity index (χ4n) is 19.0. The maximum atomic E-state index is 12.2. The molecule has 4 aliphatic heterocycles. The molecule has 2 N–H and O–H groups in total. The maximum Gasteiger partial charge on any atom is 0.349 e. The third kappa shape index (κ3) is 16.0. The van der Waals surface area contributed by atoms with E-state index in [1.54, 1.807) is 38.1 Å². The molecule has 4 heterocycles. The molecule has 2 aromatic carbocycles. The first kappa shape index (κ1) is 70.3. The maximum absolute atomic E-state index is 12.2. The van der Waals surface area contributed by atoms with Gasteiger partial charge in [0.15, 0.2) is 12.6 Å². The lowest BCUT2D eigenvalue weighted by molar-refractivity contribution is -0.316. The molecule has 6 saturated carbocycles. The van der Waals surface area contributed by atoms with Crippen LogP contribution in [0.2, 0.25) is 0 Å². The highest BCUT2D eigenvalue weighted by Gasteiger charge is 2.62. The summed E-state index contributed by atoms with van der Waals surface area (Å²) in [5, 5.41) is 18.6. The smallest absolute Gasteiger partial charge is 0.349 e. The number of aryl methyl sites for hydroxylation is 2. The van der Waals surface area contributed by atoms with Gasteiger partial charge in [-0.25, -0.2) is 19.2 Å². The Hall–Kier alpha value is -4.52. The molecule has 0 aromatic heterocycles. The number of carbonyl (C=O) groups is 4. The molecule has 2 aromatic rings. The second kappa shape index (κ2) is 30.7. The molecule has 0 unspecified atom stereocenters. The second-order valence-corrected chi connectivity index (χ2v) is 30.8. The van der Waals surface area contributed by atoms with Crippen molar-refractivity contribution in [2.24, 2.45) is 57.2 Å². The predicted octanol–water partition coefficient (Wildman–Crippen LogP) is 13.8. The number of likely N-dealkylation sites (tertiary alicyclic amines) is 2. The van der Waals surface area contributed by atoms with Gasteiger partial charge in [-0.1, -0.05) is 113 Å². The van der Waals surface area contributed by atoms with Gasteiger partial charge in [-0.05, 0) is 202 Å². The number of hydrogen-bond donors (Lipinski definition) is 2. The van der Waals surface area contributed by atoms with E-state index in [0.29, 0.717) is 70.8 Å². The van der Waals surface area contributed by atoms with Crippen LogP contribution in [0.25, 0.3) is 0 Å². The first-order valence-corrected chi connectivity index (χ1v) is 35.5. The number of rotatable bonds is 17. The summed E-state index contributed by atoms with van der Waals surface area (Å²) >= 11 is 0. The molecule has 10 aliphatic rings. The highest BCUT2D eigenvalue weighted by molar-refractivity contribution is 5.95. The van der Waals surface area contributed by atoms with Crippen LogP contribution in [0.4, 0.5) is 0 Å². The number of carbonyl (C=O) groups excluding carboxylic acids is 2. The van der Waals surface area contributed by atoms with Crippen molar-refractivity contribution >= 4 is 23.9 Å². The Bertz CT molecular complexity index is 2630. The minimum atomic E-state index is -2.22. The van der Waals surface area contributed by atoms with E-state index in [1.807, 2.05) is 0 Å². The molecule has 0 amide bonds. The molecular weight excluding hydrogens is 1160 g/mol. The lowest BCUT2D eigenvalue weighted by Gasteiger charge is -2.63. The van der Waals surface area contributed by atoms with E-state index in [9.17, 15) is 29.4 Å². The number of nitrogens with zero attached hydrogens (tertiary/aromatic N) is 2. The van der Waals surface area contributed by atoms with Crippen LogP contribution in [-0.4, -0.2) is 160 Å². The summed E-state index contributed by atoms with van der Waals surface area (Å²) in [5.74, 6) is -1.93. The number of ether oxygens (including phenoxy) is 8. The molecule has 510 valence electrons. The molecule has 12 rings (SSSR count). The van der Waals surface area contributed by atoms with Gasteiger partial charge in [0.05, 0.1) is 48.8 Å². The van der Waals surface area contributed by atoms with Crippen LogP contribution in [-0.2, 0) is 47.5 Å². The number of aliphatic carboxylic acids is 2. The van der Waals surface area contributed by atoms with Crippen molar-refractivity contribution in [3.05, 3.63) is 95.1 Å². The summed E-state index contributed by atoms with van der Waals surface area (Å²) in [6.07, 6.45) is 24.5. The first-order valence-electron chi connectivity index (χ1n) is 35.5. The van der Waals surface area contributed by atoms with Crippen LogP contribution in [0.15, 0.2) is 72.8 Å². The van der Waals surface area contributed by atoms with Gasteiger partial charge in [0.1, 0.15) is 0 Å². The average molecular weight is 1280 g/mol. The van der Waals surface area contributed by atoms with Gasteiger partial charge in [-0.2, -0.15) is 0 Å². The largest absolute Gasteiger partial charge is 0.478 e. The standard InChI is InChI=1S/2C28H47NO3.C20H18O8/c2*1-20-9-10-24-27(2,23(20)14-18-30-22-12-16-29(4)17-13-22)15-11-25-28(24,3)19-31-26(32-25)21-7-5-6-8-21;1-11-3-7-13(8-4-11)19(25)27-15(17(21)22)16(18(23)24)28-20(26)14-9-5-12(2)6-10-14/h2*21-26H,1,5-19H2,2-4H3;3-10,15-16H,1-2H3,(H,21,22)(H,23,24)/t2*23-,24+,25-,26-,27+,28+;15-,16-/m110/s1. The normalized spacial score (nSPS) is 34.7. The van der Waals surface area contributed by atoms with E-state index in [2.05, 4.69) is 64.7 Å². The summed E-state index contributed by atoms with van der Waals surface area (Å²) in [7, 11) is 4.43. The highest BCUT2D eigenvalue weighted by atomic mass is 16.7. The number of piperidine rings is 2. The number of allylic oxidation sites excluding steroid dienone is 2. The third-order valence-corrected chi connectivity index (χ3v) is 24.6. The molecule has 0 spiro atoms. The van der Waals surface area contributed by atoms with Gasteiger partial charge in [0.2, 0.25) is 12.2 Å². The summed E-state index contributed by atoms with van der Waals surface area (Å²) < 4.78 is 48.9. The fourth-order valence-corrected chi connectivity index (χ4v) is 19.0. The lowest BCUT2D eigenvalue weighted by Crippen LogP contribution is -2.62. The molecular formula is C76H112N2O14. The minimum absolute atomic E-state index is 0.0332. The molecule has 4 saturated heterocycles. The topological polar surface area (TPSA) is 189 Å². The molecule has 0 radical (unpaired) electrons. The quantitative estimate of drug-likeness (QED) is 0.112. The highest BCUT2D eigenvalue weighted by Crippen LogP contribution is 2.65. The molecule has 0 bridgehead atoms. The van der Waals surface area contributed by atoms with Gasteiger partial charge in [0.25, 0.3) is 0 Å². The summed E-state index contributed by atoms with van der Waals surface area (Å²) in [6.45, 7) is 31.0. The number of carboxylic acid groups (broad SMARTS) is 2. The Labute approximate surface area is 549 Å². The second-order valence-electron chi connectivity index (χ2n) is 30.8. The predicted molar refractivity (Wildman–Crippen MR) is 353 cm³/mol. The molecule has 16 heteroatoms. The Morgan fingerprint density at radius 1 is 0.522 bits per heavy atom. The zero-order chi connectivity index (χ0) is 65.5. The van der Waals surface area contributed by atoms with Crippen LogP contribution >= 0.6 is 0 Å². The molecule has 6 aliphatic carbocycles. The Balaban J connectivity index is 0.000000152. The van der Waals surface area contributed by atoms with Crippen molar-refractivity contribution in [2.45, 2.75) is 232 Å². The van der Waals surface area contributed by atoms with Crippen LogP contribution in [0, 0.1) is 71.0 Å². The van der Waals surface area contributed by atoms with Crippen molar-refractivity contribution < 1.29 is 67.3 Å². The van der Waals surface area contributed by atoms with Gasteiger partial charge in [-0.15, -0.1) is 0 Å². The lowest BCUT2D eigenvalue weighted by atomic mass is 9.46. The SMILES string of the molecule is C=C1CC[C@@H]2[C@]3(C)CO[C@@H](C4CCCC4)O[C@@H]3CC[C@@]2(C)[C@@H]1CCOC1CCN(C)CC1.C=C1CC[C@@H]2[C@]3(C)CO[C@@H](C4CCCC4)O[C@@H]3CC[C@@]2(C)[C@@H]1CCOC1CCN(C)CC1.Cc1ccc(C(=O)O[C@H](C(=O)O)[C@H](OC(=O)c2ccc(C)cc2)C(=O)O)cc1. The average Bonchev–Trinajstić information content (AvgIpc) is 0.738. The number of fused-ring (bicyclic) bond motifs is 6. The van der Waals surface area contributed by atoms with Gasteiger partial charge >= 0.3 is 23.9 Å². The monoisotopic (exact) mass is 1280 g/mol. The zero-order valence-corrected chi connectivity index (χ0v) is 57.0. The Kier molecular flexibility index (Phi) is 23.4. The minimum Gasteiger partial charge on any atom is -0.478 e. The zero-order valence-electron chi connectivity index (χ0n) is 57.0. The fraction of sp³-hybridized carbons (Fsp3) is 0.737. The van der Waals surface area contributed by atoms with Crippen LogP contribution in [0.5, 0.6) is 0 Å². The molecule has 14 atom stereocenters. The van der Waals surface area contributed by atoms with Gasteiger partial charge in [-0.3, -0.25) is 0 Å². The number of benzene rings is 2. The molecule has 92 heavy (non-hydrogen) atoms. The summed E-state index contributed by atoms with van der Waals surface area (Å²) in [6, 6.07) is 12.1. The Morgan fingerprint density at radius 2 is 0.870 bits per heavy atom. The molecule has 16 nitrogen and oxygen atoms in total. The van der Waals surface area contributed by atoms with Crippen molar-refractivity contribution in [1.29, 1.82) is 0 Å². The first-order chi connectivity index (χ1) is 44.0. The third-order valence-electron chi connectivity index (χ3n) is 24.6. The van der Waals surface area contributed by atoms with Gasteiger partial charge < -0.3 is 57.9 Å². The van der Waals surface area contributed by atoms with Crippen molar-refractivity contribution in [3.63, 3.8) is 0 Å². The number of esters is 2. The summed E-state index contributed by atoms with van der Waals surface area (Å²) in [5.41, 5.74) is 5.60. The van der Waals surface area contributed by atoms with Crippen LogP contribution in [0.1, 0.15) is 201 Å².